The van der Waals surface area contributed by atoms with Gasteiger partial charge in [0.25, 0.3) is 0 Å². The van der Waals surface area contributed by atoms with Gasteiger partial charge in [0.1, 0.15) is 5.82 Å². The molecule has 4 nitrogen and oxygen atoms in total. The highest BCUT2D eigenvalue weighted by atomic mass is 35.5. The monoisotopic (exact) mass is 323 g/mol. The van der Waals surface area contributed by atoms with Crippen molar-refractivity contribution in [3.8, 4) is 0 Å². The number of halogens is 2. The topological polar surface area (TPSA) is 57.6 Å². The van der Waals surface area contributed by atoms with Crippen LogP contribution in [0.3, 0.4) is 0 Å². The quantitative estimate of drug-likeness (QED) is 0.874. The molecule has 1 aromatic carbocycles. The molecule has 114 valence electrons. The Bertz CT molecular complexity index is 569. The van der Waals surface area contributed by atoms with Crippen LogP contribution in [0.25, 0.3) is 0 Å². The van der Waals surface area contributed by atoms with Crippen LogP contribution in [0.5, 0.6) is 0 Å². The van der Waals surface area contributed by atoms with Gasteiger partial charge in [0.05, 0.1) is 11.4 Å². The van der Waals surface area contributed by atoms with Gasteiger partial charge in [-0.3, -0.25) is 0 Å². The van der Waals surface area contributed by atoms with E-state index in [1.165, 1.54) is 26.0 Å². The van der Waals surface area contributed by atoms with E-state index >= 15 is 0 Å². The zero-order valence-corrected chi connectivity index (χ0v) is 13.3. The van der Waals surface area contributed by atoms with Crippen LogP contribution >= 0.6 is 11.6 Å². The summed E-state index contributed by atoms with van der Waals surface area (Å²) < 4.78 is 39.3. The van der Waals surface area contributed by atoms with Gasteiger partial charge in [0.15, 0.2) is 0 Å². The standard InChI is InChI=1S/C13H19ClFNO3S/c1-4-16(9-13(2,3)17)20(18,19)8-10-7-11(14)5-6-12(10)15/h5-7,17H,4,8-9H2,1-3H3. The molecule has 0 saturated carbocycles. The zero-order valence-electron chi connectivity index (χ0n) is 11.7. The van der Waals surface area contributed by atoms with Crippen molar-refractivity contribution in [2.45, 2.75) is 32.1 Å². The average molecular weight is 324 g/mol. The lowest BCUT2D eigenvalue weighted by Gasteiger charge is -2.27. The van der Waals surface area contributed by atoms with Gasteiger partial charge in [-0.2, -0.15) is 4.31 Å². The number of aliphatic hydroxyl groups is 1. The third-order valence-corrected chi connectivity index (χ3v) is 4.74. The minimum Gasteiger partial charge on any atom is -0.389 e. The highest BCUT2D eigenvalue weighted by molar-refractivity contribution is 7.88. The Hall–Kier alpha value is -0.690. The summed E-state index contributed by atoms with van der Waals surface area (Å²) in [5.41, 5.74) is -1.14. The molecule has 0 radical (unpaired) electrons. The van der Waals surface area contributed by atoms with E-state index in [-0.39, 0.29) is 23.7 Å². The molecule has 0 spiro atoms. The molecule has 1 aromatic rings. The summed E-state index contributed by atoms with van der Waals surface area (Å²) in [6, 6.07) is 3.80. The molecule has 0 aliphatic carbocycles. The van der Waals surface area contributed by atoms with E-state index in [0.717, 1.165) is 10.4 Å². The summed E-state index contributed by atoms with van der Waals surface area (Å²) >= 11 is 5.75. The molecule has 0 aliphatic rings. The first-order valence-electron chi connectivity index (χ1n) is 6.19. The van der Waals surface area contributed by atoms with Crippen LogP contribution in [0, 0.1) is 5.82 Å². The Labute approximate surface area is 124 Å². The SMILES string of the molecule is CCN(CC(C)(C)O)S(=O)(=O)Cc1cc(Cl)ccc1F. The van der Waals surface area contributed by atoms with Crippen LogP contribution in [-0.4, -0.2) is 36.5 Å². The lowest BCUT2D eigenvalue weighted by Crippen LogP contribution is -2.42. The van der Waals surface area contributed by atoms with Crippen LogP contribution in [0.15, 0.2) is 18.2 Å². The minimum absolute atomic E-state index is 0.0201. The molecule has 0 heterocycles. The Balaban J connectivity index is 3.01. The van der Waals surface area contributed by atoms with Gasteiger partial charge in [0, 0.05) is 23.7 Å². The summed E-state index contributed by atoms with van der Waals surface area (Å²) in [7, 11) is -3.72. The molecule has 0 amide bonds. The fraction of sp³-hybridized carbons (Fsp3) is 0.538. The number of sulfonamides is 1. The lowest BCUT2D eigenvalue weighted by molar-refractivity contribution is 0.0601. The predicted octanol–water partition coefficient (Wildman–Crippen LogP) is 2.40. The first kappa shape index (κ1) is 17.4. The minimum atomic E-state index is -3.72. The molecule has 0 bridgehead atoms. The molecule has 0 atom stereocenters. The summed E-state index contributed by atoms with van der Waals surface area (Å²) in [6.45, 7) is 4.86. The maximum atomic E-state index is 13.6. The van der Waals surface area contributed by atoms with E-state index in [1.54, 1.807) is 6.92 Å². The van der Waals surface area contributed by atoms with E-state index in [9.17, 15) is 17.9 Å². The number of benzene rings is 1. The number of hydrogen-bond acceptors (Lipinski definition) is 3. The molecule has 0 aromatic heterocycles. The Morgan fingerprint density at radius 1 is 1.40 bits per heavy atom. The maximum absolute atomic E-state index is 13.6. The van der Waals surface area contributed by atoms with Crippen molar-refractivity contribution in [2.24, 2.45) is 0 Å². The molecule has 1 N–H and O–H groups in total. The second-order valence-electron chi connectivity index (χ2n) is 5.23. The predicted molar refractivity (Wildman–Crippen MR) is 77.6 cm³/mol. The fourth-order valence-corrected chi connectivity index (χ4v) is 3.68. The van der Waals surface area contributed by atoms with E-state index in [2.05, 4.69) is 0 Å². The molecule has 0 fully saturated rings. The first-order valence-corrected chi connectivity index (χ1v) is 8.18. The summed E-state index contributed by atoms with van der Waals surface area (Å²) in [4.78, 5) is 0. The average Bonchev–Trinajstić information content (AvgIpc) is 2.29. The Morgan fingerprint density at radius 3 is 2.50 bits per heavy atom. The molecule has 0 aliphatic heterocycles. The van der Waals surface area contributed by atoms with E-state index in [0.29, 0.717) is 0 Å². The normalized spacial score (nSPS) is 12.9. The fourth-order valence-electron chi connectivity index (χ4n) is 1.78. The van der Waals surface area contributed by atoms with Gasteiger partial charge in [-0.1, -0.05) is 18.5 Å². The van der Waals surface area contributed by atoms with Gasteiger partial charge in [0.2, 0.25) is 10.0 Å². The molecular weight excluding hydrogens is 305 g/mol. The lowest BCUT2D eigenvalue weighted by atomic mass is 10.1. The highest BCUT2D eigenvalue weighted by Gasteiger charge is 2.27. The molecule has 0 unspecified atom stereocenters. The van der Waals surface area contributed by atoms with Crippen LogP contribution in [-0.2, 0) is 15.8 Å². The number of hydrogen-bond donors (Lipinski definition) is 1. The van der Waals surface area contributed by atoms with Gasteiger partial charge >= 0.3 is 0 Å². The van der Waals surface area contributed by atoms with E-state index < -0.39 is 27.2 Å². The smallest absolute Gasteiger partial charge is 0.218 e. The zero-order chi connectivity index (χ0) is 15.6. The van der Waals surface area contributed by atoms with Gasteiger partial charge in [-0.15, -0.1) is 0 Å². The third kappa shape index (κ3) is 5.01. The maximum Gasteiger partial charge on any atom is 0.218 e. The number of rotatable bonds is 6. The van der Waals surface area contributed by atoms with Crippen molar-refractivity contribution >= 4 is 21.6 Å². The second kappa shape index (κ2) is 6.39. The number of likely N-dealkylation sites (N-methyl/N-ethyl adjacent to an activating group) is 1. The largest absolute Gasteiger partial charge is 0.389 e. The van der Waals surface area contributed by atoms with Crippen LogP contribution in [0.1, 0.15) is 26.3 Å². The van der Waals surface area contributed by atoms with Crippen LogP contribution in [0.4, 0.5) is 4.39 Å². The highest BCUT2D eigenvalue weighted by Crippen LogP contribution is 2.20. The van der Waals surface area contributed by atoms with Crippen LogP contribution < -0.4 is 0 Å². The van der Waals surface area contributed by atoms with Crippen molar-refractivity contribution < 1.29 is 17.9 Å². The summed E-state index contributed by atoms with van der Waals surface area (Å²) in [5.74, 6) is -1.10. The third-order valence-electron chi connectivity index (χ3n) is 2.66. The van der Waals surface area contributed by atoms with E-state index in [4.69, 9.17) is 11.6 Å². The Kier molecular flexibility index (Phi) is 5.54. The molecule has 20 heavy (non-hydrogen) atoms. The molecule has 7 heteroatoms. The van der Waals surface area contributed by atoms with Crippen molar-refractivity contribution in [3.05, 3.63) is 34.6 Å². The summed E-state index contributed by atoms with van der Waals surface area (Å²) in [6.07, 6.45) is 0. The van der Waals surface area contributed by atoms with Gasteiger partial charge in [-0.05, 0) is 32.0 Å². The van der Waals surface area contributed by atoms with Crippen molar-refractivity contribution in [1.29, 1.82) is 0 Å². The first-order chi connectivity index (χ1) is 9.05. The van der Waals surface area contributed by atoms with Crippen molar-refractivity contribution in [2.75, 3.05) is 13.1 Å². The summed E-state index contributed by atoms with van der Waals surface area (Å²) in [5, 5.41) is 10.0. The molecule has 0 saturated heterocycles. The molecule has 1 rings (SSSR count). The van der Waals surface area contributed by atoms with Gasteiger partial charge in [-0.25, -0.2) is 12.8 Å². The van der Waals surface area contributed by atoms with Gasteiger partial charge < -0.3 is 5.11 Å². The van der Waals surface area contributed by atoms with Crippen molar-refractivity contribution in [1.82, 2.24) is 4.31 Å². The van der Waals surface area contributed by atoms with Crippen LogP contribution in [0.2, 0.25) is 5.02 Å². The van der Waals surface area contributed by atoms with Crippen molar-refractivity contribution in [3.63, 3.8) is 0 Å². The van der Waals surface area contributed by atoms with E-state index in [1.807, 2.05) is 0 Å². The number of nitrogens with zero attached hydrogens (tertiary/aromatic N) is 1. The second-order valence-corrected chi connectivity index (χ2v) is 7.64. The molecular formula is C13H19ClFNO3S. The Morgan fingerprint density at radius 2 is 2.00 bits per heavy atom.